The van der Waals surface area contributed by atoms with Crippen LogP contribution in [0.4, 0.5) is 0 Å². The van der Waals surface area contributed by atoms with E-state index in [9.17, 15) is 4.79 Å². The van der Waals surface area contributed by atoms with Crippen molar-refractivity contribution < 1.29 is 9.53 Å². The predicted molar refractivity (Wildman–Crippen MR) is 74.4 cm³/mol. The Morgan fingerprint density at radius 2 is 2.11 bits per heavy atom. The Morgan fingerprint density at radius 3 is 2.84 bits per heavy atom. The molecule has 1 aromatic carbocycles. The zero-order valence-corrected chi connectivity index (χ0v) is 11.6. The van der Waals surface area contributed by atoms with Gasteiger partial charge in [-0.3, -0.25) is 10.2 Å². The number of aromatic nitrogens is 1. The number of halogens is 1. The number of pyridine rings is 1. The van der Waals surface area contributed by atoms with Gasteiger partial charge in [0.1, 0.15) is 18.1 Å². The van der Waals surface area contributed by atoms with Crippen LogP contribution >= 0.6 is 15.9 Å². The number of carbonyl (C=O) groups excluding carboxylic acids is 1. The van der Waals surface area contributed by atoms with Crippen molar-refractivity contribution in [1.29, 1.82) is 0 Å². The van der Waals surface area contributed by atoms with Crippen molar-refractivity contribution in [2.45, 2.75) is 6.61 Å². The van der Waals surface area contributed by atoms with Crippen LogP contribution in [0.5, 0.6) is 5.75 Å². The first-order valence-electron chi connectivity index (χ1n) is 5.54. The van der Waals surface area contributed by atoms with Gasteiger partial charge in [0, 0.05) is 4.47 Å². The molecule has 1 heterocycles. The molecule has 0 aliphatic rings. The van der Waals surface area contributed by atoms with Crippen LogP contribution in [0.15, 0.2) is 46.9 Å². The summed E-state index contributed by atoms with van der Waals surface area (Å²) >= 11 is 3.37. The molecule has 3 N–H and O–H groups in total. The Hall–Kier alpha value is -1.92. The zero-order valence-electron chi connectivity index (χ0n) is 9.97. The lowest BCUT2D eigenvalue weighted by Gasteiger charge is -2.07. The van der Waals surface area contributed by atoms with Crippen LogP contribution in [0.25, 0.3) is 0 Å². The standard InChI is InChI=1S/C13H12BrN3O2/c14-9-3-1-5-11(7-9)19-8-10-4-2-6-12(16-10)13(18)17-15/h1-7H,8,15H2,(H,17,18). The smallest absolute Gasteiger partial charge is 0.283 e. The Bertz CT molecular complexity index is 590. The molecule has 0 radical (unpaired) electrons. The Balaban J connectivity index is 2.05. The third kappa shape index (κ3) is 3.77. The number of nitrogen functional groups attached to an aromatic ring is 1. The maximum atomic E-state index is 11.3. The van der Waals surface area contributed by atoms with E-state index in [2.05, 4.69) is 20.9 Å². The summed E-state index contributed by atoms with van der Waals surface area (Å²) in [5.41, 5.74) is 2.96. The van der Waals surface area contributed by atoms with Gasteiger partial charge >= 0.3 is 0 Å². The predicted octanol–water partition coefficient (Wildman–Crippen LogP) is 2.03. The van der Waals surface area contributed by atoms with E-state index >= 15 is 0 Å². The summed E-state index contributed by atoms with van der Waals surface area (Å²) in [6.07, 6.45) is 0. The number of hydrogen-bond acceptors (Lipinski definition) is 4. The number of ether oxygens (including phenoxy) is 1. The molecule has 5 nitrogen and oxygen atoms in total. The van der Waals surface area contributed by atoms with E-state index in [1.165, 1.54) is 0 Å². The van der Waals surface area contributed by atoms with E-state index in [0.717, 1.165) is 10.2 Å². The van der Waals surface area contributed by atoms with Gasteiger partial charge in [-0.15, -0.1) is 0 Å². The molecule has 0 spiro atoms. The third-order valence-electron chi connectivity index (χ3n) is 2.35. The third-order valence-corrected chi connectivity index (χ3v) is 2.85. The SMILES string of the molecule is NNC(=O)c1cccc(COc2cccc(Br)c2)n1. The first kappa shape index (κ1) is 13.5. The second-order valence-corrected chi connectivity index (χ2v) is 4.65. The molecule has 0 aliphatic heterocycles. The van der Waals surface area contributed by atoms with Gasteiger partial charge in [0.05, 0.1) is 5.69 Å². The van der Waals surface area contributed by atoms with E-state index in [1.807, 2.05) is 29.7 Å². The molecule has 6 heteroatoms. The molecular formula is C13H12BrN3O2. The van der Waals surface area contributed by atoms with Crippen LogP contribution in [-0.4, -0.2) is 10.9 Å². The average molecular weight is 322 g/mol. The van der Waals surface area contributed by atoms with E-state index in [4.69, 9.17) is 10.6 Å². The minimum atomic E-state index is -0.427. The summed E-state index contributed by atoms with van der Waals surface area (Å²) in [7, 11) is 0. The minimum Gasteiger partial charge on any atom is -0.487 e. The number of amides is 1. The molecule has 0 aliphatic carbocycles. The van der Waals surface area contributed by atoms with Crippen molar-refractivity contribution in [2.24, 2.45) is 5.84 Å². The van der Waals surface area contributed by atoms with E-state index in [0.29, 0.717) is 5.69 Å². The number of hydrazine groups is 1. The van der Waals surface area contributed by atoms with Crippen LogP contribution in [0, 0.1) is 0 Å². The molecule has 2 aromatic rings. The van der Waals surface area contributed by atoms with Crippen molar-refractivity contribution >= 4 is 21.8 Å². The zero-order chi connectivity index (χ0) is 13.7. The van der Waals surface area contributed by atoms with E-state index in [-0.39, 0.29) is 12.3 Å². The number of nitrogens with zero attached hydrogens (tertiary/aromatic N) is 1. The molecule has 0 atom stereocenters. The molecule has 2 rings (SSSR count). The Kier molecular flexibility index (Phi) is 4.48. The highest BCUT2D eigenvalue weighted by molar-refractivity contribution is 9.10. The molecule has 1 aromatic heterocycles. The van der Waals surface area contributed by atoms with Crippen LogP contribution in [0.1, 0.15) is 16.2 Å². The molecule has 0 unspecified atom stereocenters. The number of nitrogens with one attached hydrogen (secondary N) is 1. The number of rotatable bonds is 4. The lowest BCUT2D eigenvalue weighted by Crippen LogP contribution is -2.30. The molecule has 98 valence electrons. The van der Waals surface area contributed by atoms with Gasteiger partial charge in [-0.2, -0.15) is 0 Å². The molecule has 0 bridgehead atoms. The molecule has 0 saturated carbocycles. The molecule has 0 fully saturated rings. The molecule has 19 heavy (non-hydrogen) atoms. The highest BCUT2D eigenvalue weighted by Gasteiger charge is 2.06. The number of nitrogens with two attached hydrogens (primary N) is 1. The van der Waals surface area contributed by atoms with Crippen molar-refractivity contribution in [3.63, 3.8) is 0 Å². The minimum absolute atomic E-state index is 0.262. The summed E-state index contributed by atoms with van der Waals surface area (Å²) in [6, 6.07) is 12.6. The van der Waals surface area contributed by atoms with Crippen LogP contribution in [0.2, 0.25) is 0 Å². The van der Waals surface area contributed by atoms with Crippen molar-refractivity contribution in [3.05, 3.63) is 58.3 Å². The fourth-order valence-electron chi connectivity index (χ4n) is 1.47. The first-order chi connectivity index (χ1) is 9.19. The topological polar surface area (TPSA) is 77.2 Å². The summed E-state index contributed by atoms with van der Waals surface area (Å²) in [6.45, 7) is 0.280. The Labute approximate surface area is 118 Å². The maximum absolute atomic E-state index is 11.3. The monoisotopic (exact) mass is 321 g/mol. The lowest BCUT2D eigenvalue weighted by atomic mass is 10.3. The number of carbonyl (C=O) groups is 1. The quantitative estimate of drug-likeness (QED) is 0.513. The second kappa shape index (κ2) is 6.31. The van der Waals surface area contributed by atoms with Crippen molar-refractivity contribution in [1.82, 2.24) is 10.4 Å². The summed E-state index contributed by atoms with van der Waals surface area (Å²) in [4.78, 5) is 15.5. The van der Waals surface area contributed by atoms with Gasteiger partial charge in [0.15, 0.2) is 0 Å². The highest BCUT2D eigenvalue weighted by Crippen LogP contribution is 2.18. The molecule has 1 amide bonds. The number of benzene rings is 1. The van der Waals surface area contributed by atoms with Crippen LogP contribution < -0.4 is 16.0 Å². The Morgan fingerprint density at radius 1 is 1.32 bits per heavy atom. The second-order valence-electron chi connectivity index (χ2n) is 3.73. The largest absolute Gasteiger partial charge is 0.487 e. The highest BCUT2D eigenvalue weighted by atomic mass is 79.9. The molecule has 0 saturated heterocycles. The van der Waals surface area contributed by atoms with Gasteiger partial charge in [0.2, 0.25) is 0 Å². The van der Waals surface area contributed by atoms with E-state index in [1.54, 1.807) is 18.2 Å². The molecular weight excluding hydrogens is 310 g/mol. The lowest BCUT2D eigenvalue weighted by molar-refractivity contribution is 0.0948. The van der Waals surface area contributed by atoms with E-state index < -0.39 is 5.91 Å². The van der Waals surface area contributed by atoms with Gasteiger partial charge in [0.25, 0.3) is 5.91 Å². The fourth-order valence-corrected chi connectivity index (χ4v) is 1.85. The fraction of sp³-hybridized carbons (Fsp3) is 0.0769. The van der Waals surface area contributed by atoms with Gasteiger partial charge in [-0.05, 0) is 30.3 Å². The van der Waals surface area contributed by atoms with Crippen molar-refractivity contribution in [2.75, 3.05) is 0 Å². The summed E-state index contributed by atoms with van der Waals surface area (Å²) in [5.74, 6) is 5.36. The normalized spacial score (nSPS) is 10.0. The number of hydrogen-bond donors (Lipinski definition) is 2. The average Bonchev–Trinajstić information content (AvgIpc) is 2.45. The first-order valence-corrected chi connectivity index (χ1v) is 6.33. The van der Waals surface area contributed by atoms with Crippen LogP contribution in [-0.2, 0) is 6.61 Å². The van der Waals surface area contributed by atoms with Crippen molar-refractivity contribution in [3.8, 4) is 5.75 Å². The van der Waals surface area contributed by atoms with Crippen LogP contribution in [0.3, 0.4) is 0 Å². The summed E-state index contributed by atoms with van der Waals surface area (Å²) < 4.78 is 6.52. The van der Waals surface area contributed by atoms with Gasteiger partial charge in [-0.1, -0.05) is 28.1 Å². The maximum Gasteiger partial charge on any atom is 0.283 e. The van der Waals surface area contributed by atoms with Gasteiger partial charge in [-0.25, -0.2) is 10.8 Å². The van der Waals surface area contributed by atoms with Gasteiger partial charge < -0.3 is 4.74 Å². The summed E-state index contributed by atoms with van der Waals surface area (Å²) in [5, 5.41) is 0.